The summed E-state index contributed by atoms with van der Waals surface area (Å²) in [6.45, 7) is 7.60. The van der Waals surface area contributed by atoms with E-state index in [9.17, 15) is 4.39 Å². The molecule has 0 amide bonds. The van der Waals surface area contributed by atoms with Crippen LogP contribution in [0.4, 0.5) is 4.39 Å². The predicted octanol–water partition coefficient (Wildman–Crippen LogP) is 3.68. The molecule has 2 unspecified atom stereocenters. The van der Waals surface area contributed by atoms with Crippen LogP contribution in [0.15, 0.2) is 24.3 Å². The first-order valence-electron chi connectivity index (χ1n) is 6.78. The molecule has 0 saturated carbocycles. The maximum atomic E-state index is 13.8. The minimum Gasteiger partial charge on any atom is -0.377 e. The van der Waals surface area contributed by atoms with Gasteiger partial charge in [0.25, 0.3) is 0 Å². The fourth-order valence-corrected chi connectivity index (χ4v) is 1.71. The molecule has 0 aliphatic heterocycles. The molecule has 0 aromatic heterocycles. The summed E-state index contributed by atoms with van der Waals surface area (Å²) in [5.74, 6) is -0.168. The van der Waals surface area contributed by atoms with Gasteiger partial charge in [0.15, 0.2) is 0 Å². The van der Waals surface area contributed by atoms with Gasteiger partial charge in [0.2, 0.25) is 0 Å². The van der Waals surface area contributed by atoms with Gasteiger partial charge >= 0.3 is 0 Å². The molecular weight excluding hydrogens is 229 g/mol. The SMILES string of the molecule is CCCNC(COC(C)CC)c1ccccc1F. The third-order valence-corrected chi connectivity index (χ3v) is 3.04. The molecule has 2 atom stereocenters. The topological polar surface area (TPSA) is 21.3 Å². The van der Waals surface area contributed by atoms with Crippen molar-refractivity contribution in [3.05, 3.63) is 35.6 Å². The zero-order chi connectivity index (χ0) is 13.4. The van der Waals surface area contributed by atoms with Crippen LogP contribution in [-0.2, 0) is 4.74 Å². The van der Waals surface area contributed by atoms with Crippen LogP contribution in [0.3, 0.4) is 0 Å². The molecule has 0 radical (unpaired) electrons. The van der Waals surface area contributed by atoms with Crippen molar-refractivity contribution in [1.29, 1.82) is 0 Å². The second-order valence-corrected chi connectivity index (χ2v) is 4.58. The number of ether oxygens (including phenoxy) is 1. The highest BCUT2D eigenvalue weighted by molar-refractivity contribution is 5.21. The lowest BCUT2D eigenvalue weighted by molar-refractivity contribution is 0.0468. The summed E-state index contributed by atoms with van der Waals surface area (Å²) in [4.78, 5) is 0. The van der Waals surface area contributed by atoms with Crippen LogP contribution in [0.25, 0.3) is 0 Å². The summed E-state index contributed by atoms with van der Waals surface area (Å²) in [5.41, 5.74) is 0.689. The summed E-state index contributed by atoms with van der Waals surface area (Å²) in [7, 11) is 0. The van der Waals surface area contributed by atoms with E-state index in [-0.39, 0.29) is 18.0 Å². The first-order valence-corrected chi connectivity index (χ1v) is 6.78. The van der Waals surface area contributed by atoms with Crippen LogP contribution < -0.4 is 5.32 Å². The van der Waals surface area contributed by atoms with Crippen LogP contribution in [0.2, 0.25) is 0 Å². The zero-order valence-corrected chi connectivity index (χ0v) is 11.6. The Morgan fingerprint density at radius 1 is 1.28 bits per heavy atom. The number of rotatable bonds is 8. The first-order chi connectivity index (χ1) is 8.69. The lowest BCUT2D eigenvalue weighted by Crippen LogP contribution is -2.28. The third kappa shape index (κ3) is 4.75. The van der Waals surface area contributed by atoms with Gasteiger partial charge in [-0.15, -0.1) is 0 Å². The van der Waals surface area contributed by atoms with Crippen molar-refractivity contribution in [2.24, 2.45) is 0 Å². The second kappa shape index (κ2) is 8.22. The summed E-state index contributed by atoms with van der Waals surface area (Å²) >= 11 is 0. The molecule has 0 heterocycles. The van der Waals surface area contributed by atoms with E-state index in [1.807, 2.05) is 19.1 Å². The molecule has 0 saturated heterocycles. The number of hydrogen-bond acceptors (Lipinski definition) is 2. The highest BCUT2D eigenvalue weighted by atomic mass is 19.1. The average Bonchev–Trinajstić information content (AvgIpc) is 2.39. The van der Waals surface area contributed by atoms with E-state index in [1.54, 1.807) is 6.07 Å². The maximum absolute atomic E-state index is 13.8. The van der Waals surface area contributed by atoms with Crippen molar-refractivity contribution in [2.75, 3.05) is 13.2 Å². The normalized spacial score (nSPS) is 14.4. The van der Waals surface area contributed by atoms with E-state index in [0.29, 0.717) is 12.2 Å². The Bertz CT molecular complexity index is 343. The van der Waals surface area contributed by atoms with Crippen molar-refractivity contribution in [2.45, 2.75) is 45.8 Å². The van der Waals surface area contributed by atoms with Crippen LogP contribution in [0.5, 0.6) is 0 Å². The molecular formula is C15H24FNO. The Labute approximate surface area is 110 Å². The summed E-state index contributed by atoms with van der Waals surface area (Å²) in [5, 5.41) is 3.34. The Hall–Kier alpha value is -0.930. The van der Waals surface area contributed by atoms with E-state index in [2.05, 4.69) is 19.2 Å². The van der Waals surface area contributed by atoms with Crippen molar-refractivity contribution in [3.8, 4) is 0 Å². The molecule has 1 aromatic rings. The number of benzene rings is 1. The highest BCUT2D eigenvalue weighted by Crippen LogP contribution is 2.18. The van der Waals surface area contributed by atoms with E-state index in [1.165, 1.54) is 6.07 Å². The van der Waals surface area contributed by atoms with Crippen LogP contribution in [-0.4, -0.2) is 19.3 Å². The largest absolute Gasteiger partial charge is 0.377 e. The van der Waals surface area contributed by atoms with Crippen LogP contribution >= 0.6 is 0 Å². The second-order valence-electron chi connectivity index (χ2n) is 4.58. The van der Waals surface area contributed by atoms with Crippen LogP contribution in [0, 0.1) is 5.82 Å². The van der Waals surface area contributed by atoms with E-state index >= 15 is 0 Å². The quantitative estimate of drug-likeness (QED) is 0.763. The smallest absolute Gasteiger partial charge is 0.128 e. The van der Waals surface area contributed by atoms with Crippen molar-refractivity contribution < 1.29 is 9.13 Å². The van der Waals surface area contributed by atoms with Gasteiger partial charge in [-0.3, -0.25) is 0 Å². The van der Waals surface area contributed by atoms with Gasteiger partial charge in [-0.2, -0.15) is 0 Å². The molecule has 2 nitrogen and oxygen atoms in total. The van der Waals surface area contributed by atoms with E-state index < -0.39 is 0 Å². The minimum atomic E-state index is -0.168. The number of hydrogen-bond donors (Lipinski definition) is 1. The molecule has 1 N–H and O–H groups in total. The zero-order valence-electron chi connectivity index (χ0n) is 11.6. The fourth-order valence-electron chi connectivity index (χ4n) is 1.71. The molecule has 18 heavy (non-hydrogen) atoms. The third-order valence-electron chi connectivity index (χ3n) is 3.04. The Kier molecular flexibility index (Phi) is 6.91. The van der Waals surface area contributed by atoms with Crippen molar-refractivity contribution in [3.63, 3.8) is 0 Å². The van der Waals surface area contributed by atoms with Crippen molar-refractivity contribution >= 4 is 0 Å². The Morgan fingerprint density at radius 3 is 2.61 bits per heavy atom. The number of halogens is 1. The monoisotopic (exact) mass is 253 g/mol. The summed E-state index contributed by atoms with van der Waals surface area (Å²) < 4.78 is 19.5. The molecule has 0 aliphatic rings. The minimum absolute atomic E-state index is 0.0693. The van der Waals surface area contributed by atoms with E-state index in [4.69, 9.17) is 4.74 Å². The lowest BCUT2D eigenvalue weighted by Gasteiger charge is -2.21. The predicted molar refractivity (Wildman–Crippen MR) is 73.1 cm³/mol. The average molecular weight is 253 g/mol. The summed E-state index contributed by atoms with van der Waals surface area (Å²) in [6.07, 6.45) is 2.20. The van der Waals surface area contributed by atoms with Crippen LogP contribution in [0.1, 0.15) is 45.2 Å². The van der Waals surface area contributed by atoms with Gasteiger partial charge in [0, 0.05) is 5.56 Å². The first kappa shape index (κ1) is 15.1. The fraction of sp³-hybridized carbons (Fsp3) is 0.600. The molecule has 3 heteroatoms. The Balaban J connectivity index is 2.68. The molecule has 1 aromatic carbocycles. The standard InChI is InChI=1S/C15H24FNO/c1-4-10-17-15(11-18-12(3)5-2)13-8-6-7-9-14(13)16/h6-9,12,15,17H,4-5,10-11H2,1-3H3. The van der Waals surface area contributed by atoms with Crippen molar-refractivity contribution in [1.82, 2.24) is 5.32 Å². The molecule has 0 spiro atoms. The van der Waals surface area contributed by atoms with Gasteiger partial charge in [0.1, 0.15) is 5.82 Å². The highest BCUT2D eigenvalue weighted by Gasteiger charge is 2.15. The van der Waals surface area contributed by atoms with Gasteiger partial charge in [0.05, 0.1) is 18.8 Å². The molecule has 0 bridgehead atoms. The molecule has 102 valence electrons. The maximum Gasteiger partial charge on any atom is 0.128 e. The summed E-state index contributed by atoms with van der Waals surface area (Å²) in [6, 6.07) is 6.83. The van der Waals surface area contributed by atoms with E-state index in [0.717, 1.165) is 19.4 Å². The Morgan fingerprint density at radius 2 is 2.00 bits per heavy atom. The molecule has 0 aliphatic carbocycles. The van der Waals surface area contributed by atoms with Gasteiger partial charge in [-0.25, -0.2) is 4.39 Å². The molecule has 0 fully saturated rings. The van der Waals surface area contributed by atoms with Gasteiger partial charge < -0.3 is 10.1 Å². The lowest BCUT2D eigenvalue weighted by atomic mass is 10.1. The number of nitrogens with one attached hydrogen (secondary N) is 1. The molecule has 1 rings (SSSR count). The van der Waals surface area contributed by atoms with Gasteiger partial charge in [-0.1, -0.05) is 32.0 Å². The van der Waals surface area contributed by atoms with Gasteiger partial charge in [-0.05, 0) is 32.4 Å².